The topological polar surface area (TPSA) is 88.5 Å². The number of halogens is 4. The first-order valence-corrected chi connectivity index (χ1v) is 9.57. The summed E-state index contributed by atoms with van der Waals surface area (Å²) in [6.07, 6.45) is -0.565. The van der Waals surface area contributed by atoms with Gasteiger partial charge in [-0.2, -0.15) is 13.2 Å². The first-order chi connectivity index (χ1) is 14.7. The van der Waals surface area contributed by atoms with Gasteiger partial charge >= 0.3 is 6.18 Å². The van der Waals surface area contributed by atoms with Crippen molar-refractivity contribution in [2.45, 2.75) is 25.7 Å². The standard InChI is InChI=1S/C20H16ClF3N6O/c1-11(13-7-12-3-2-4-14(21)17(12)29-18(13)31)27-19-26-6-5-15(28-19)16-8-25-10-30(16)9-20(22,23)24/h2-8,10-11H,9H2,1H3,(H,29,31)(H,26,27,28)/t11-/m0/s1. The molecule has 0 amide bonds. The normalized spacial score (nSPS) is 12.8. The number of pyridine rings is 1. The van der Waals surface area contributed by atoms with Gasteiger partial charge in [-0.1, -0.05) is 23.7 Å². The SMILES string of the molecule is C[C@H](Nc1nccc(-c2cncn2CC(F)(F)F)n1)c1cc2cccc(Cl)c2[nH]c1=O. The lowest BCUT2D eigenvalue weighted by molar-refractivity contribution is -0.140. The third-order valence-electron chi connectivity index (χ3n) is 4.65. The Bertz CT molecular complexity index is 1300. The number of rotatable bonds is 5. The number of fused-ring (bicyclic) bond motifs is 1. The number of para-hydroxylation sites is 1. The number of H-pyrrole nitrogens is 1. The van der Waals surface area contributed by atoms with Gasteiger partial charge in [0.05, 0.1) is 40.5 Å². The molecule has 3 heterocycles. The summed E-state index contributed by atoms with van der Waals surface area (Å²) in [5.74, 6) is 0.162. The van der Waals surface area contributed by atoms with Crippen molar-refractivity contribution in [3.63, 3.8) is 0 Å². The zero-order chi connectivity index (χ0) is 22.2. The lowest BCUT2D eigenvalue weighted by atomic mass is 10.1. The average molecular weight is 449 g/mol. The van der Waals surface area contributed by atoms with Crippen molar-refractivity contribution in [1.82, 2.24) is 24.5 Å². The molecule has 1 atom stereocenters. The summed E-state index contributed by atoms with van der Waals surface area (Å²) in [6.45, 7) is 0.575. The molecule has 3 aromatic heterocycles. The quantitative estimate of drug-likeness (QED) is 0.467. The van der Waals surface area contributed by atoms with E-state index in [1.54, 1.807) is 25.1 Å². The van der Waals surface area contributed by atoms with Gasteiger partial charge in [0.25, 0.3) is 5.56 Å². The maximum Gasteiger partial charge on any atom is 0.406 e. The Balaban J connectivity index is 1.62. The van der Waals surface area contributed by atoms with Gasteiger partial charge in [-0.15, -0.1) is 0 Å². The van der Waals surface area contributed by atoms with Crippen LogP contribution in [0.5, 0.6) is 0 Å². The number of aromatic amines is 1. The number of anilines is 1. The fourth-order valence-corrected chi connectivity index (χ4v) is 3.46. The van der Waals surface area contributed by atoms with E-state index in [1.165, 1.54) is 18.5 Å². The Morgan fingerprint density at radius 3 is 2.87 bits per heavy atom. The largest absolute Gasteiger partial charge is 0.406 e. The van der Waals surface area contributed by atoms with Gasteiger partial charge in [0.15, 0.2) is 0 Å². The molecular weight excluding hydrogens is 433 g/mol. The van der Waals surface area contributed by atoms with Crippen molar-refractivity contribution in [2.24, 2.45) is 0 Å². The zero-order valence-electron chi connectivity index (χ0n) is 16.1. The van der Waals surface area contributed by atoms with Crippen molar-refractivity contribution in [3.8, 4) is 11.4 Å². The van der Waals surface area contributed by atoms with E-state index < -0.39 is 18.8 Å². The molecule has 1 aromatic carbocycles. The molecule has 0 saturated carbocycles. The van der Waals surface area contributed by atoms with Crippen molar-refractivity contribution in [1.29, 1.82) is 0 Å². The molecule has 2 N–H and O–H groups in total. The number of alkyl halides is 3. The zero-order valence-corrected chi connectivity index (χ0v) is 16.9. The number of benzene rings is 1. The van der Waals surface area contributed by atoms with E-state index in [9.17, 15) is 18.0 Å². The van der Waals surface area contributed by atoms with Gasteiger partial charge in [-0.25, -0.2) is 15.0 Å². The molecule has 0 aliphatic heterocycles. The van der Waals surface area contributed by atoms with Gasteiger partial charge < -0.3 is 14.9 Å². The van der Waals surface area contributed by atoms with E-state index in [1.807, 2.05) is 6.07 Å². The molecule has 11 heteroatoms. The Hall–Kier alpha value is -3.40. The Morgan fingerprint density at radius 2 is 2.10 bits per heavy atom. The molecule has 4 aromatic rings. The van der Waals surface area contributed by atoms with Crippen LogP contribution in [0, 0.1) is 0 Å². The number of aromatic nitrogens is 5. The van der Waals surface area contributed by atoms with Crippen LogP contribution >= 0.6 is 11.6 Å². The fourth-order valence-electron chi connectivity index (χ4n) is 3.23. The minimum atomic E-state index is -4.39. The van der Waals surface area contributed by atoms with Crippen molar-refractivity contribution in [3.05, 3.63) is 70.0 Å². The molecule has 0 bridgehead atoms. The van der Waals surface area contributed by atoms with Gasteiger partial charge in [-0.3, -0.25) is 4.79 Å². The van der Waals surface area contributed by atoms with E-state index >= 15 is 0 Å². The summed E-state index contributed by atoms with van der Waals surface area (Å²) in [4.78, 5) is 27.5. The molecule has 0 radical (unpaired) electrons. The summed E-state index contributed by atoms with van der Waals surface area (Å²) in [5, 5.41) is 4.22. The van der Waals surface area contributed by atoms with Gasteiger partial charge in [0, 0.05) is 17.1 Å². The highest BCUT2D eigenvalue weighted by Crippen LogP contribution is 2.25. The van der Waals surface area contributed by atoms with Crippen molar-refractivity contribution < 1.29 is 13.2 Å². The molecule has 0 aliphatic rings. The lowest BCUT2D eigenvalue weighted by Gasteiger charge is -2.15. The number of imidazole rings is 1. The summed E-state index contributed by atoms with van der Waals surface area (Å²) in [5.41, 5.74) is 1.13. The van der Waals surface area contributed by atoms with E-state index in [4.69, 9.17) is 11.6 Å². The van der Waals surface area contributed by atoms with Crippen LogP contribution in [-0.2, 0) is 6.54 Å². The van der Waals surface area contributed by atoms with Crippen molar-refractivity contribution in [2.75, 3.05) is 5.32 Å². The van der Waals surface area contributed by atoms with Crippen LogP contribution < -0.4 is 10.9 Å². The van der Waals surface area contributed by atoms with E-state index in [-0.39, 0.29) is 22.9 Å². The number of hydrogen-bond donors (Lipinski definition) is 2. The molecule has 31 heavy (non-hydrogen) atoms. The monoisotopic (exact) mass is 448 g/mol. The maximum absolute atomic E-state index is 12.8. The second-order valence-corrected chi connectivity index (χ2v) is 7.32. The molecule has 160 valence electrons. The second kappa shape index (κ2) is 8.03. The first-order valence-electron chi connectivity index (χ1n) is 9.19. The summed E-state index contributed by atoms with van der Waals surface area (Å²) < 4.78 is 39.3. The van der Waals surface area contributed by atoms with E-state index in [2.05, 4.69) is 25.3 Å². The van der Waals surface area contributed by atoms with Gasteiger partial charge in [-0.05, 0) is 25.1 Å². The van der Waals surface area contributed by atoms with Crippen LogP contribution in [0.4, 0.5) is 19.1 Å². The van der Waals surface area contributed by atoms with Crippen LogP contribution in [0.3, 0.4) is 0 Å². The van der Waals surface area contributed by atoms with Crippen LogP contribution in [0.15, 0.2) is 53.8 Å². The van der Waals surface area contributed by atoms with Crippen LogP contribution in [-0.4, -0.2) is 30.7 Å². The maximum atomic E-state index is 12.8. The molecular formula is C20H16ClF3N6O. The molecule has 0 unspecified atom stereocenters. The summed E-state index contributed by atoms with van der Waals surface area (Å²) in [6, 6.07) is 8.02. The Morgan fingerprint density at radius 1 is 1.29 bits per heavy atom. The van der Waals surface area contributed by atoms with Crippen LogP contribution in [0.2, 0.25) is 5.02 Å². The van der Waals surface area contributed by atoms with Crippen LogP contribution in [0.1, 0.15) is 18.5 Å². The molecule has 0 fully saturated rings. The summed E-state index contributed by atoms with van der Waals surface area (Å²) in [7, 11) is 0. The van der Waals surface area contributed by atoms with Crippen LogP contribution in [0.25, 0.3) is 22.3 Å². The fraction of sp³-hybridized carbons (Fsp3) is 0.200. The molecule has 0 saturated heterocycles. The molecule has 4 rings (SSSR count). The molecule has 0 spiro atoms. The number of nitrogens with one attached hydrogen (secondary N) is 2. The predicted octanol–water partition coefficient (Wildman–Crippen LogP) is 4.57. The Labute approximate surface area is 178 Å². The highest BCUT2D eigenvalue weighted by Gasteiger charge is 2.29. The average Bonchev–Trinajstić information content (AvgIpc) is 3.15. The third kappa shape index (κ3) is 4.53. The smallest absolute Gasteiger partial charge is 0.347 e. The predicted molar refractivity (Wildman–Crippen MR) is 111 cm³/mol. The second-order valence-electron chi connectivity index (χ2n) is 6.91. The molecule has 0 aliphatic carbocycles. The third-order valence-corrected chi connectivity index (χ3v) is 4.96. The van der Waals surface area contributed by atoms with Crippen molar-refractivity contribution >= 4 is 28.5 Å². The first kappa shape index (κ1) is 20.9. The lowest BCUT2D eigenvalue weighted by Crippen LogP contribution is -2.20. The van der Waals surface area contributed by atoms with E-state index in [0.29, 0.717) is 16.1 Å². The highest BCUT2D eigenvalue weighted by atomic mass is 35.5. The minimum absolute atomic E-state index is 0.162. The number of nitrogens with zero attached hydrogens (tertiary/aromatic N) is 4. The van der Waals surface area contributed by atoms with E-state index in [0.717, 1.165) is 16.3 Å². The highest BCUT2D eigenvalue weighted by molar-refractivity contribution is 6.35. The van der Waals surface area contributed by atoms with Gasteiger partial charge in [0.1, 0.15) is 6.54 Å². The molecule has 7 nitrogen and oxygen atoms in total. The number of hydrogen-bond acceptors (Lipinski definition) is 5. The minimum Gasteiger partial charge on any atom is -0.347 e. The summed E-state index contributed by atoms with van der Waals surface area (Å²) >= 11 is 6.13. The Kier molecular flexibility index (Phi) is 5.40. The van der Waals surface area contributed by atoms with Gasteiger partial charge in [0.2, 0.25) is 5.95 Å².